The molecular weight excluding hydrogens is 357 g/mol. The summed E-state index contributed by atoms with van der Waals surface area (Å²) in [6.45, 7) is 2.10. The van der Waals surface area contributed by atoms with E-state index in [1.807, 2.05) is 41.9 Å². The van der Waals surface area contributed by atoms with Crippen LogP contribution in [0.15, 0.2) is 73.1 Å². The molecule has 0 saturated carbocycles. The van der Waals surface area contributed by atoms with Crippen LogP contribution in [-0.4, -0.2) is 15.3 Å². The number of hydrogen-bond donors (Lipinski definition) is 1. The first-order chi connectivity index (χ1) is 13.6. The lowest BCUT2D eigenvalue weighted by Gasteiger charge is -2.10. The van der Waals surface area contributed by atoms with Gasteiger partial charge in [-0.1, -0.05) is 18.2 Å². The van der Waals surface area contributed by atoms with Crippen LogP contribution in [0.2, 0.25) is 0 Å². The molecule has 0 aliphatic rings. The largest absolute Gasteiger partial charge is 0.487 e. The van der Waals surface area contributed by atoms with Gasteiger partial charge in [0, 0.05) is 23.6 Å². The van der Waals surface area contributed by atoms with Crippen LogP contribution in [0.1, 0.15) is 21.6 Å². The first-order valence-electron chi connectivity index (χ1n) is 8.81. The Labute approximate surface area is 161 Å². The average Bonchev–Trinajstić information content (AvgIpc) is 3.12. The highest BCUT2D eigenvalue weighted by atomic mass is 19.1. The van der Waals surface area contributed by atoms with Crippen LogP contribution in [0.4, 0.5) is 10.1 Å². The van der Waals surface area contributed by atoms with Crippen molar-refractivity contribution < 1.29 is 13.9 Å². The van der Waals surface area contributed by atoms with E-state index in [2.05, 4.69) is 10.3 Å². The predicted octanol–water partition coefficient (Wildman–Crippen LogP) is 4.61. The summed E-state index contributed by atoms with van der Waals surface area (Å²) in [6.07, 6.45) is 3.82. The van der Waals surface area contributed by atoms with Gasteiger partial charge in [-0.25, -0.2) is 9.37 Å². The zero-order chi connectivity index (χ0) is 19.5. The number of nitrogens with one attached hydrogen (secondary N) is 1. The number of rotatable bonds is 5. The van der Waals surface area contributed by atoms with Crippen LogP contribution < -0.4 is 10.1 Å². The van der Waals surface area contributed by atoms with Gasteiger partial charge < -0.3 is 14.5 Å². The second-order valence-electron chi connectivity index (χ2n) is 6.43. The van der Waals surface area contributed by atoms with Gasteiger partial charge in [-0.05, 0) is 55.0 Å². The second kappa shape index (κ2) is 7.52. The summed E-state index contributed by atoms with van der Waals surface area (Å²) < 4.78 is 21.1. The Balaban J connectivity index is 1.46. The van der Waals surface area contributed by atoms with Crippen molar-refractivity contribution in [3.63, 3.8) is 0 Å². The topological polar surface area (TPSA) is 55.6 Å². The Morgan fingerprint density at radius 3 is 2.89 bits per heavy atom. The highest BCUT2D eigenvalue weighted by Gasteiger charge is 2.10. The number of nitrogens with zero attached hydrogens (tertiary/aromatic N) is 2. The Morgan fingerprint density at radius 1 is 1.14 bits per heavy atom. The maximum absolute atomic E-state index is 13.4. The van der Waals surface area contributed by atoms with Gasteiger partial charge in [-0.15, -0.1) is 0 Å². The predicted molar refractivity (Wildman–Crippen MR) is 105 cm³/mol. The minimum atomic E-state index is -0.398. The third-order valence-electron chi connectivity index (χ3n) is 4.34. The van der Waals surface area contributed by atoms with Gasteiger partial charge in [-0.2, -0.15) is 0 Å². The van der Waals surface area contributed by atoms with Crippen molar-refractivity contribution in [2.45, 2.75) is 13.5 Å². The summed E-state index contributed by atoms with van der Waals surface area (Å²) in [5.41, 5.74) is 3.29. The summed E-state index contributed by atoms with van der Waals surface area (Å²) in [7, 11) is 0. The second-order valence-corrected chi connectivity index (χ2v) is 6.43. The van der Waals surface area contributed by atoms with Crippen molar-refractivity contribution in [3.8, 4) is 5.75 Å². The zero-order valence-electron chi connectivity index (χ0n) is 15.2. The molecule has 140 valence electrons. The van der Waals surface area contributed by atoms with E-state index in [1.165, 1.54) is 12.1 Å². The number of imidazole rings is 1. The number of ether oxygens (including phenoxy) is 1. The molecule has 2 heterocycles. The fraction of sp³-hybridized carbons (Fsp3) is 0.0909. The van der Waals surface area contributed by atoms with Crippen LogP contribution >= 0.6 is 0 Å². The third-order valence-corrected chi connectivity index (χ3v) is 4.34. The number of benzene rings is 2. The van der Waals surface area contributed by atoms with E-state index in [0.29, 0.717) is 17.0 Å². The van der Waals surface area contributed by atoms with E-state index in [1.54, 1.807) is 30.3 Å². The number of aromatic nitrogens is 2. The number of pyridine rings is 1. The van der Waals surface area contributed by atoms with Crippen molar-refractivity contribution in [1.29, 1.82) is 0 Å². The molecule has 0 atom stereocenters. The number of hydrogen-bond acceptors (Lipinski definition) is 3. The molecule has 0 aliphatic carbocycles. The number of halogens is 1. The zero-order valence-corrected chi connectivity index (χ0v) is 15.2. The lowest BCUT2D eigenvalue weighted by atomic mass is 10.1. The lowest BCUT2D eigenvalue weighted by Crippen LogP contribution is -2.13. The van der Waals surface area contributed by atoms with E-state index in [0.717, 1.165) is 16.9 Å². The van der Waals surface area contributed by atoms with Gasteiger partial charge >= 0.3 is 0 Å². The van der Waals surface area contributed by atoms with Gasteiger partial charge in [0.1, 0.15) is 23.8 Å². The Bertz CT molecular complexity index is 1120. The molecule has 0 spiro atoms. The van der Waals surface area contributed by atoms with E-state index < -0.39 is 5.82 Å². The van der Waals surface area contributed by atoms with Gasteiger partial charge in [-0.3, -0.25) is 4.79 Å². The standard InChI is InChI=1S/C22H18FN3O2/c1-15-8-9-17(23)12-20(15)25-22(27)16-5-4-6-19(11-16)28-14-18-13-26-10-3-2-7-21(26)24-18/h2-13H,14H2,1H3,(H,25,27). The van der Waals surface area contributed by atoms with Crippen LogP contribution in [0, 0.1) is 12.7 Å². The summed E-state index contributed by atoms with van der Waals surface area (Å²) in [4.78, 5) is 17.0. The van der Waals surface area contributed by atoms with Gasteiger partial charge in [0.2, 0.25) is 0 Å². The summed E-state index contributed by atoms with van der Waals surface area (Å²) in [5.74, 6) is -0.169. The molecular formula is C22H18FN3O2. The van der Waals surface area contributed by atoms with Crippen molar-refractivity contribution in [3.05, 3.63) is 95.7 Å². The van der Waals surface area contributed by atoms with E-state index in [-0.39, 0.29) is 12.5 Å². The fourth-order valence-electron chi connectivity index (χ4n) is 2.86. The molecule has 28 heavy (non-hydrogen) atoms. The number of carbonyl (C=O) groups excluding carboxylic acids is 1. The smallest absolute Gasteiger partial charge is 0.255 e. The average molecular weight is 375 g/mol. The van der Waals surface area contributed by atoms with Crippen LogP contribution in [0.5, 0.6) is 5.75 Å². The van der Waals surface area contributed by atoms with Gasteiger partial charge in [0.05, 0.1) is 5.69 Å². The molecule has 2 aromatic heterocycles. The molecule has 0 fully saturated rings. The van der Waals surface area contributed by atoms with Crippen LogP contribution in [0.25, 0.3) is 5.65 Å². The number of carbonyl (C=O) groups is 1. The fourth-order valence-corrected chi connectivity index (χ4v) is 2.86. The maximum Gasteiger partial charge on any atom is 0.255 e. The van der Waals surface area contributed by atoms with Gasteiger partial charge in [0.25, 0.3) is 5.91 Å². The summed E-state index contributed by atoms with van der Waals surface area (Å²) >= 11 is 0. The molecule has 0 unspecified atom stereocenters. The van der Waals surface area contributed by atoms with E-state index in [9.17, 15) is 9.18 Å². The monoisotopic (exact) mass is 375 g/mol. The van der Waals surface area contributed by atoms with Crippen molar-refractivity contribution >= 4 is 17.2 Å². The highest BCUT2D eigenvalue weighted by Crippen LogP contribution is 2.19. The molecule has 0 saturated heterocycles. The minimum absolute atomic E-state index is 0.287. The highest BCUT2D eigenvalue weighted by molar-refractivity contribution is 6.04. The number of amides is 1. The molecule has 0 aliphatic heterocycles. The summed E-state index contributed by atoms with van der Waals surface area (Å²) in [5, 5.41) is 2.74. The molecule has 6 heteroatoms. The van der Waals surface area contributed by atoms with Crippen LogP contribution in [-0.2, 0) is 6.61 Å². The molecule has 4 aromatic rings. The number of fused-ring (bicyclic) bond motifs is 1. The number of aryl methyl sites for hydroxylation is 1. The SMILES string of the molecule is Cc1ccc(F)cc1NC(=O)c1cccc(OCc2cn3ccccc3n2)c1. The van der Waals surface area contributed by atoms with E-state index >= 15 is 0 Å². The lowest BCUT2D eigenvalue weighted by molar-refractivity contribution is 0.102. The van der Waals surface area contributed by atoms with E-state index in [4.69, 9.17) is 4.74 Å². The molecule has 0 radical (unpaired) electrons. The molecule has 4 rings (SSSR count). The first-order valence-corrected chi connectivity index (χ1v) is 8.81. The normalized spacial score (nSPS) is 10.8. The Morgan fingerprint density at radius 2 is 2.04 bits per heavy atom. The molecule has 2 aromatic carbocycles. The maximum atomic E-state index is 13.4. The molecule has 5 nitrogen and oxygen atoms in total. The Kier molecular flexibility index (Phi) is 4.76. The van der Waals surface area contributed by atoms with Crippen molar-refractivity contribution in [1.82, 2.24) is 9.38 Å². The first kappa shape index (κ1) is 17.7. The molecule has 0 bridgehead atoms. The van der Waals surface area contributed by atoms with Crippen molar-refractivity contribution in [2.75, 3.05) is 5.32 Å². The minimum Gasteiger partial charge on any atom is -0.487 e. The summed E-state index contributed by atoms with van der Waals surface area (Å²) in [6, 6.07) is 16.9. The van der Waals surface area contributed by atoms with Gasteiger partial charge in [0.15, 0.2) is 0 Å². The third kappa shape index (κ3) is 3.86. The van der Waals surface area contributed by atoms with Crippen LogP contribution in [0.3, 0.4) is 0 Å². The van der Waals surface area contributed by atoms with Crippen molar-refractivity contribution in [2.24, 2.45) is 0 Å². The molecule has 1 amide bonds. The number of anilines is 1. The Hall–Kier alpha value is -3.67. The molecule has 1 N–H and O–H groups in total. The quantitative estimate of drug-likeness (QED) is 0.554.